The van der Waals surface area contributed by atoms with Crippen LogP contribution < -0.4 is 5.32 Å². The summed E-state index contributed by atoms with van der Waals surface area (Å²) in [6.45, 7) is 0.585. The first-order valence-corrected chi connectivity index (χ1v) is 8.58. The Morgan fingerprint density at radius 3 is 2.44 bits per heavy atom. The van der Waals surface area contributed by atoms with Gasteiger partial charge in [0.05, 0.1) is 0 Å². The molecule has 25 heavy (non-hydrogen) atoms. The number of benzene rings is 2. The van der Waals surface area contributed by atoms with Crippen LogP contribution in [0.2, 0.25) is 0 Å². The molecule has 1 aromatic heterocycles. The number of hydrogen-bond acceptors (Lipinski definition) is 3. The highest BCUT2D eigenvalue weighted by atomic mass is 16.1. The Labute approximate surface area is 147 Å². The predicted molar refractivity (Wildman–Crippen MR) is 97.2 cm³/mol. The van der Waals surface area contributed by atoms with E-state index in [1.807, 2.05) is 65.2 Å². The zero-order valence-electron chi connectivity index (χ0n) is 14.1. The fraction of sp³-hybridized carbons (Fsp3) is 0.250. The first-order valence-electron chi connectivity index (χ1n) is 8.58. The van der Waals surface area contributed by atoms with Crippen molar-refractivity contribution in [3.63, 3.8) is 0 Å². The summed E-state index contributed by atoms with van der Waals surface area (Å²) >= 11 is 0. The maximum atomic E-state index is 11.9. The van der Waals surface area contributed by atoms with Crippen LogP contribution in [0.3, 0.4) is 0 Å². The van der Waals surface area contributed by atoms with Crippen molar-refractivity contribution in [1.82, 2.24) is 20.1 Å². The van der Waals surface area contributed by atoms with Crippen LogP contribution in [-0.4, -0.2) is 20.7 Å². The summed E-state index contributed by atoms with van der Waals surface area (Å²) in [5, 5.41) is 11.2. The lowest BCUT2D eigenvalue weighted by atomic mass is 10.1. The molecular formula is C20H22N4O. The molecule has 0 aliphatic heterocycles. The van der Waals surface area contributed by atoms with Crippen molar-refractivity contribution in [1.29, 1.82) is 0 Å². The van der Waals surface area contributed by atoms with Gasteiger partial charge in [-0.1, -0.05) is 48.5 Å². The van der Waals surface area contributed by atoms with Gasteiger partial charge in [-0.05, 0) is 30.5 Å². The average molecular weight is 334 g/mol. The van der Waals surface area contributed by atoms with Crippen LogP contribution in [0.5, 0.6) is 0 Å². The number of rotatable bonds is 8. The molecule has 5 nitrogen and oxygen atoms in total. The van der Waals surface area contributed by atoms with Gasteiger partial charge in [-0.3, -0.25) is 9.36 Å². The highest BCUT2D eigenvalue weighted by Gasteiger charge is 2.07. The van der Waals surface area contributed by atoms with Gasteiger partial charge in [0.25, 0.3) is 0 Å². The zero-order chi connectivity index (χ0) is 17.3. The minimum atomic E-state index is 0.0911. The molecule has 0 unspecified atom stereocenters. The molecule has 0 spiro atoms. The minimum Gasteiger partial charge on any atom is -0.352 e. The predicted octanol–water partition coefficient (Wildman–Crippen LogP) is 3.30. The Kier molecular flexibility index (Phi) is 5.93. The molecule has 0 saturated carbocycles. The third kappa shape index (κ3) is 5.01. The minimum absolute atomic E-state index is 0.0911. The van der Waals surface area contributed by atoms with Crippen molar-refractivity contribution in [2.75, 3.05) is 0 Å². The van der Waals surface area contributed by atoms with Crippen LogP contribution in [-0.2, 0) is 17.8 Å². The van der Waals surface area contributed by atoms with E-state index in [4.69, 9.17) is 0 Å². The summed E-state index contributed by atoms with van der Waals surface area (Å²) in [5.41, 5.74) is 2.18. The Morgan fingerprint density at radius 1 is 0.960 bits per heavy atom. The topological polar surface area (TPSA) is 59.8 Å². The second-order valence-corrected chi connectivity index (χ2v) is 5.92. The molecule has 0 radical (unpaired) electrons. The van der Waals surface area contributed by atoms with Crippen molar-refractivity contribution in [2.24, 2.45) is 0 Å². The van der Waals surface area contributed by atoms with E-state index in [0.717, 1.165) is 36.3 Å². The third-order valence-corrected chi connectivity index (χ3v) is 4.04. The number of carbonyl (C=O) groups is 1. The molecule has 0 saturated heterocycles. The van der Waals surface area contributed by atoms with E-state index in [9.17, 15) is 4.79 Å². The molecule has 3 aromatic rings. The second kappa shape index (κ2) is 8.78. The van der Waals surface area contributed by atoms with Gasteiger partial charge >= 0.3 is 0 Å². The molecule has 1 N–H and O–H groups in total. The molecule has 0 aliphatic rings. The van der Waals surface area contributed by atoms with Gasteiger partial charge in [0.15, 0.2) is 0 Å². The first kappa shape index (κ1) is 16.9. The lowest BCUT2D eigenvalue weighted by molar-refractivity contribution is -0.121. The second-order valence-electron chi connectivity index (χ2n) is 5.92. The molecule has 3 rings (SSSR count). The van der Waals surface area contributed by atoms with Crippen molar-refractivity contribution in [2.45, 2.75) is 32.2 Å². The summed E-state index contributed by atoms with van der Waals surface area (Å²) in [7, 11) is 0. The SMILES string of the molecule is O=C(CCCCc1nncn1-c1ccccc1)NCc1ccccc1. The molecular weight excluding hydrogens is 312 g/mol. The number of nitrogens with zero attached hydrogens (tertiary/aromatic N) is 3. The number of aromatic nitrogens is 3. The van der Waals surface area contributed by atoms with Gasteiger partial charge in [0.2, 0.25) is 5.91 Å². The highest BCUT2D eigenvalue weighted by Crippen LogP contribution is 2.11. The van der Waals surface area contributed by atoms with E-state index in [2.05, 4.69) is 15.5 Å². The quantitative estimate of drug-likeness (QED) is 0.643. The van der Waals surface area contributed by atoms with Gasteiger partial charge in [0, 0.05) is 25.1 Å². The summed E-state index contributed by atoms with van der Waals surface area (Å²) in [4.78, 5) is 11.9. The number of carbonyl (C=O) groups excluding carboxylic acids is 1. The zero-order valence-corrected chi connectivity index (χ0v) is 14.1. The fourth-order valence-corrected chi connectivity index (χ4v) is 2.69. The monoisotopic (exact) mass is 334 g/mol. The number of nitrogens with one attached hydrogen (secondary N) is 1. The van der Waals surface area contributed by atoms with E-state index in [1.165, 1.54) is 0 Å². The first-order chi connectivity index (χ1) is 12.3. The number of hydrogen-bond donors (Lipinski definition) is 1. The summed E-state index contributed by atoms with van der Waals surface area (Å²) < 4.78 is 2.00. The Balaban J connectivity index is 1.40. The third-order valence-electron chi connectivity index (χ3n) is 4.04. The average Bonchev–Trinajstić information content (AvgIpc) is 3.14. The largest absolute Gasteiger partial charge is 0.352 e. The lowest BCUT2D eigenvalue weighted by Gasteiger charge is -2.07. The lowest BCUT2D eigenvalue weighted by Crippen LogP contribution is -2.22. The number of unbranched alkanes of at least 4 members (excludes halogenated alkanes) is 1. The normalized spacial score (nSPS) is 10.6. The van der Waals surface area contributed by atoms with Crippen LogP contribution in [0.1, 0.15) is 30.7 Å². The summed E-state index contributed by atoms with van der Waals surface area (Å²) in [6.07, 6.45) is 4.82. The molecule has 0 fully saturated rings. The molecule has 128 valence electrons. The van der Waals surface area contributed by atoms with Gasteiger partial charge < -0.3 is 5.32 Å². The molecule has 5 heteroatoms. The van der Waals surface area contributed by atoms with Gasteiger partial charge in [-0.2, -0.15) is 0 Å². The Hall–Kier alpha value is -2.95. The van der Waals surface area contributed by atoms with Crippen molar-refractivity contribution in [3.05, 3.63) is 78.4 Å². The van der Waals surface area contributed by atoms with Crippen LogP contribution in [0.4, 0.5) is 0 Å². The van der Waals surface area contributed by atoms with Crippen LogP contribution >= 0.6 is 0 Å². The van der Waals surface area contributed by atoms with Crippen molar-refractivity contribution in [3.8, 4) is 5.69 Å². The Morgan fingerprint density at radius 2 is 1.68 bits per heavy atom. The van der Waals surface area contributed by atoms with Crippen molar-refractivity contribution < 1.29 is 4.79 Å². The van der Waals surface area contributed by atoms with E-state index < -0.39 is 0 Å². The number of amides is 1. The fourth-order valence-electron chi connectivity index (χ4n) is 2.69. The van der Waals surface area contributed by atoms with E-state index in [1.54, 1.807) is 6.33 Å². The molecule has 2 aromatic carbocycles. The number of para-hydroxylation sites is 1. The Bertz CT molecular complexity index is 784. The highest BCUT2D eigenvalue weighted by molar-refractivity contribution is 5.75. The van der Waals surface area contributed by atoms with Crippen LogP contribution in [0.25, 0.3) is 5.69 Å². The molecule has 0 atom stereocenters. The van der Waals surface area contributed by atoms with Gasteiger partial charge in [0.1, 0.15) is 12.2 Å². The smallest absolute Gasteiger partial charge is 0.220 e. The van der Waals surface area contributed by atoms with Crippen LogP contribution in [0.15, 0.2) is 67.0 Å². The van der Waals surface area contributed by atoms with Crippen LogP contribution in [0, 0.1) is 0 Å². The van der Waals surface area contributed by atoms with E-state index in [0.29, 0.717) is 13.0 Å². The van der Waals surface area contributed by atoms with Gasteiger partial charge in [-0.25, -0.2) is 0 Å². The van der Waals surface area contributed by atoms with Crippen molar-refractivity contribution >= 4 is 5.91 Å². The molecule has 1 amide bonds. The van der Waals surface area contributed by atoms with E-state index in [-0.39, 0.29) is 5.91 Å². The van der Waals surface area contributed by atoms with E-state index >= 15 is 0 Å². The molecule has 1 heterocycles. The molecule has 0 bridgehead atoms. The van der Waals surface area contributed by atoms with Gasteiger partial charge in [-0.15, -0.1) is 10.2 Å². The summed E-state index contributed by atoms with van der Waals surface area (Å²) in [5.74, 6) is 1.02. The number of aryl methyl sites for hydroxylation is 1. The maximum absolute atomic E-state index is 11.9. The molecule has 0 aliphatic carbocycles. The maximum Gasteiger partial charge on any atom is 0.220 e. The summed E-state index contributed by atoms with van der Waals surface area (Å²) in [6, 6.07) is 20.0. The standard InChI is InChI=1S/C20H22N4O/c25-20(21-15-17-9-3-1-4-10-17)14-8-7-13-19-23-22-16-24(19)18-11-5-2-6-12-18/h1-6,9-12,16H,7-8,13-15H2,(H,21,25).